The minimum absolute atomic E-state index is 0.0156. The topological polar surface area (TPSA) is 160 Å². The Hall–Kier alpha value is -2.85. The number of carbonyl (C=O) groups excluding carboxylic acids is 5. The Morgan fingerprint density at radius 2 is 1.72 bits per heavy atom. The van der Waals surface area contributed by atoms with Crippen LogP contribution < -0.4 is 21.7 Å². The summed E-state index contributed by atoms with van der Waals surface area (Å²) in [6, 6.07) is -2.71. The first kappa shape index (κ1) is 29.1. The van der Waals surface area contributed by atoms with Crippen LogP contribution >= 0.6 is 0 Å². The Balaban J connectivity index is 1.58. The van der Waals surface area contributed by atoms with Crippen molar-refractivity contribution >= 4 is 29.7 Å². The molecule has 5 N–H and O–H groups in total. The van der Waals surface area contributed by atoms with Gasteiger partial charge in [-0.15, -0.1) is 0 Å². The van der Waals surface area contributed by atoms with Crippen molar-refractivity contribution in [2.45, 2.75) is 97.4 Å². The van der Waals surface area contributed by atoms with E-state index in [2.05, 4.69) is 16.0 Å². The predicted molar refractivity (Wildman–Crippen MR) is 143 cm³/mol. The van der Waals surface area contributed by atoms with Crippen molar-refractivity contribution < 1.29 is 28.7 Å². The largest absolute Gasteiger partial charge is 0.444 e. The molecule has 0 unspecified atom stereocenters. The number of fused-ring (bicyclic) bond motifs is 5. The Morgan fingerprint density at radius 3 is 2.28 bits per heavy atom. The zero-order valence-corrected chi connectivity index (χ0v) is 24.0. The number of primary amides is 1. The van der Waals surface area contributed by atoms with Gasteiger partial charge in [0.05, 0.1) is 0 Å². The van der Waals surface area contributed by atoms with Gasteiger partial charge >= 0.3 is 6.09 Å². The van der Waals surface area contributed by atoms with Crippen LogP contribution in [-0.2, 0) is 23.9 Å². The van der Waals surface area contributed by atoms with Gasteiger partial charge in [0.15, 0.2) is 0 Å². The average Bonchev–Trinajstić information content (AvgIpc) is 3.57. The van der Waals surface area contributed by atoms with Crippen molar-refractivity contribution in [3.05, 3.63) is 0 Å². The summed E-state index contributed by atoms with van der Waals surface area (Å²) in [6.07, 6.45) is 3.14. The summed E-state index contributed by atoms with van der Waals surface area (Å²) in [5, 5.41) is 8.32. The number of alkyl carbamates (subject to hydrolysis) is 1. The molecule has 8 atom stereocenters. The van der Waals surface area contributed by atoms with Crippen LogP contribution in [0.15, 0.2) is 0 Å². The summed E-state index contributed by atoms with van der Waals surface area (Å²) < 4.78 is 5.44. The standard InChI is InChI=1S/C28H45N5O6/c1-27(2,3)21(32-26(38)39-28(4,5)6)25(37)33-13-17-14-7-8-15(11-14)19(17)20(33)24(36)31-18(22(29)34)12-16-9-10-30-23(16)35/h14-21H,7-13H2,1-6H3,(H2,29,34)(H,30,35)(H,31,36)(H,32,38)/t14-,15+,16+,17-,18+,19+,20+,21-/m1/s1. The van der Waals surface area contributed by atoms with Crippen molar-refractivity contribution in [1.29, 1.82) is 0 Å². The maximum atomic E-state index is 14.1. The van der Waals surface area contributed by atoms with Crippen molar-refractivity contribution in [2.24, 2.45) is 40.7 Å². The van der Waals surface area contributed by atoms with Gasteiger partial charge in [-0.1, -0.05) is 20.8 Å². The third kappa shape index (κ3) is 6.17. The maximum Gasteiger partial charge on any atom is 0.408 e. The SMILES string of the molecule is CC(C)(C)OC(=O)N[C@H](C(=O)N1C[C@@H]2[C@@H]3CC[C@@H](C3)[C@@H]2[C@H]1C(=O)N[C@@H](C[C@@H]1CCNC1=O)C(N)=O)C(C)(C)C. The molecule has 0 radical (unpaired) electrons. The van der Waals surface area contributed by atoms with Gasteiger partial charge in [-0.2, -0.15) is 0 Å². The van der Waals surface area contributed by atoms with Gasteiger partial charge in [0, 0.05) is 19.0 Å². The molecule has 0 aromatic rings. The second kappa shape index (κ2) is 10.6. The quantitative estimate of drug-likeness (QED) is 0.376. The molecular formula is C28H45N5O6. The molecule has 5 amide bonds. The molecular weight excluding hydrogens is 502 g/mol. The lowest BCUT2D eigenvalue weighted by molar-refractivity contribution is -0.144. The van der Waals surface area contributed by atoms with Crippen LogP contribution in [-0.4, -0.2) is 71.4 Å². The maximum absolute atomic E-state index is 14.1. The van der Waals surface area contributed by atoms with E-state index >= 15 is 0 Å². The number of nitrogens with one attached hydrogen (secondary N) is 3. The predicted octanol–water partition coefficient (Wildman–Crippen LogP) is 1.30. The van der Waals surface area contributed by atoms with Gasteiger partial charge in [-0.05, 0) is 82.0 Å². The molecule has 11 nitrogen and oxygen atoms in total. The Morgan fingerprint density at radius 1 is 1.05 bits per heavy atom. The highest BCUT2D eigenvalue weighted by atomic mass is 16.6. The fraction of sp³-hybridized carbons (Fsp3) is 0.821. The van der Waals surface area contributed by atoms with Crippen LogP contribution in [0.5, 0.6) is 0 Å². The molecule has 4 rings (SSSR count). The molecule has 2 saturated heterocycles. The summed E-state index contributed by atoms with van der Waals surface area (Å²) in [5.74, 6) is -1.06. The highest BCUT2D eigenvalue weighted by Crippen LogP contribution is 2.57. The van der Waals surface area contributed by atoms with E-state index in [4.69, 9.17) is 10.5 Å². The minimum atomic E-state index is -1.01. The summed E-state index contributed by atoms with van der Waals surface area (Å²) in [4.78, 5) is 66.8. The number of hydrogen-bond acceptors (Lipinski definition) is 6. The van der Waals surface area contributed by atoms with Crippen LogP contribution in [0, 0.1) is 35.0 Å². The molecule has 2 bridgehead atoms. The van der Waals surface area contributed by atoms with Crippen LogP contribution in [0.25, 0.3) is 0 Å². The smallest absolute Gasteiger partial charge is 0.408 e. The molecule has 218 valence electrons. The zero-order valence-electron chi connectivity index (χ0n) is 24.0. The number of amides is 5. The van der Waals surface area contributed by atoms with E-state index in [0.717, 1.165) is 19.3 Å². The molecule has 2 saturated carbocycles. The highest BCUT2D eigenvalue weighted by molar-refractivity contribution is 5.95. The van der Waals surface area contributed by atoms with Crippen molar-refractivity contribution in [3.63, 3.8) is 0 Å². The molecule has 11 heteroatoms. The molecule has 2 heterocycles. The summed E-state index contributed by atoms with van der Waals surface area (Å²) in [6.45, 7) is 11.8. The number of nitrogens with two attached hydrogens (primary N) is 1. The van der Waals surface area contributed by atoms with Crippen molar-refractivity contribution in [1.82, 2.24) is 20.9 Å². The zero-order chi connectivity index (χ0) is 28.9. The number of likely N-dealkylation sites (tertiary alicyclic amines) is 1. The molecule has 39 heavy (non-hydrogen) atoms. The van der Waals surface area contributed by atoms with E-state index in [1.807, 2.05) is 20.8 Å². The fourth-order valence-corrected chi connectivity index (χ4v) is 7.21. The lowest BCUT2D eigenvalue weighted by Crippen LogP contribution is -2.60. The number of ether oxygens (including phenoxy) is 1. The number of rotatable bonds is 7. The Bertz CT molecular complexity index is 1020. The van der Waals surface area contributed by atoms with E-state index in [9.17, 15) is 24.0 Å². The first-order valence-electron chi connectivity index (χ1n) is 14.2. The molecule has 4 fully saturated rings. The van der Waals surface area contributed by atoms with E-state index in [1.54, 1.807) is 25.7 Å². The first-order chi connectivity index (χ1) is 18.1. The molecule has 0 spiro atoms. The third-order valence-corrected chi connectivity index (χ3v) is 8.93. The first-order valence-corrected chi connectivity index (χ1v) is 14.2. The normalized spacial score (nSPS) is 31.3. The number of hydrogen-bond donors (Lipinski definition) is 4. The second-order valence-corrected chi connectivity index (χ2v) is 13.9. The van der Waals surface area contributed by atoms with Gasteiger partial charge in [0.2, 0.25) is 23.6 Å². The highest BCUT2D eigenvalue weighted by Gasteiger charge is 2.60. The molecule has 2 aliphatic heterocycles. The number of carbonyl (C=O) groups is 5. The number of nitrogens with zero attached hydrogens (tertiary/aromatic N) is 1. The van der Waals surface area contributed by atoms with Gasteiger partial charge in [-0.25, -0.2) is 4.79 Å². The van der Waals surface area contributed by atoms with E-state index < -0.39 is 53.0 Å². The Kier molecular flexibility index (Phi) is 7.93. The molecule has 2 aliphatic carbocycles. The average molecular weight is 548 g/mol. The van der Waals surface area contributed by atoms with Crippen LogP contribution in [0.4, 0.5) is 4.79 Å². The minimum Gasteiger partial charge on any atom is -0.444 e. The molecule has 0 aromatic carbocycles. The van der Waals surface area contributed by atoms with E-state index in [0.29, 0.717) is 31.3 Å². The van der Waals surface area contributed by atoms with E-state index in [-0.39, 0.29) is 30.1 Å². The fourth-order valence-electron chi connectivity index (χ4n) is 7.21. The summed E-state index contributed by atoms with van der Waals surface area (Å²) in [5.41, 5.74) is 4.26. The van der Waals surface area contributed by atoms with Crippen molar-refractivity contribution in [3.8, 4) is 0 Å². The van der Waals surface area contributed by atoms with Crippen LogP contribution in [0.3, 0.4) is 0 Å². The van der Waals surface area contributed by atoms with Crippen molar-refractivity contribution in [2.75, 3.05) is 13.1 Å². The van der Waals surface area contributed by atoms with Gasteiger partial charge in [0.25, 0.3) is 0 Å². The van der Waals surface area contributed by atoms with Gasteiger partial charge in [-0.3, -0.25) is 19.2 Å². The van der Waals surface area contributed by atoms with Crippen LogP contribution in [0.1, 0.15) is 73.6 Å². The lowest BCUT2D eigenvalue weighted by atomic mass is 9.78. The van der Waals surface area contributed by atoms with Crippen LogP contribution in [0.2, 0.25) is 0 Å². The summed E-state index contributed by atoms with van der Waals surface area (Å²) >= 11 is 0. The molecule has 4 aliphatic rings. The molecule has 0 aromatic heterocycles. The monoisotopic (exact) mass is 547 g/mol. The Labute approximate surface area is 230 Å². The second-order valence-electron chi connectivity index (χ2n) is 13.9. The van der Waals surface area contributed by atoms with Gasteiger partial charge in [0.1, 0.15) is 23.7 Å². The van der Waals surface area contributed by atoms with Gasteiger partial charge < -0.3 is 31.3 Å². The lowest BCUT2D eigenvalue weighted by Gasteiger charge is -2.37. The third-order valence-electron chi connectivity index (χ3n) is 8.93. The summed E-state index contributed by atoms with van der Waals surface area (Å²) in [7, 11) is 0. The van der Waals surface area contributed by atoms with E-state index in [1.165, 1.54) is 0 Å².